The molecule has 1 aromatic carbocycles. The largest absolute Gasteiger partial charge is 0.495 e. The first-order chi connectivity index (χ1) is 9.01. The molecule has 0 radical (unpaired) electrons. The van der Waals surface area contributed by atoms with E-state index in [0.29, 0.717) is 28.1 Å². The molecule has 2 amide bonds. The van der Waals surface area contributed by atoms with Crippen molar-refractivity contribution >= 4 is 17.5 Å². The molecular weight excluding hydrogens is 244 g/mol. The van der Waals surface area contributed by atoms with Crippen molar-refractivity contribution < 1.29 is 14.3 Å². The summed E-state index contributed by atoms with van der Waals surface area (Å²) in [5.41, 5.74) is 1.61. The summed E-state index contributed by atoms with van der Waals surface area (Å²) in [5, 5.41) is 8.84. The summed E-state index contributed by atoms with van der Waals surface area (Å²) in [6.07, 6.45) is 0. The highest BCUT2D eigenvalue weighted by atomic mass is 16.5. The van der Waals surface area contributed by atoms with Crippen molar-refractivity contribution in [3.05, 3.63) is 34.9 Å². The second-order valence-electron chi connectivity index (χ2n) is 4.19. The summed E-state index contributed by atoms with van der Waals surface area (Å²) in [6, 6.07) is 6.56. The first-order valence-corrected chi connectivity index (χ1v) is 5.65. The number of methoxy groups -OCH3 is 1. The van der Waals surface area contributed by atoms with Gasteiger partial charge in [-0.1, -0.05) is 0 Å². The third-order valence-electron chi connectivity index (χ3n) is 3.16. The lowest BCUT2D eigenvalue weighted by Gasteiger charge is -2.18. The van der Waals surface area contributed by atoms with Crippen LogP contribution in [0, 0.1) is 11.3 Å². The lowest BCUT2D eigenvalue weighted by Crippen LogP contribution is -2.31. The van der Waals surface area contributed by atoms with Crippen LogP contribution in [0.5, 0.6) is 5.75 Å². The molecule has 0 bridgehead atoms. The Hall–Kier alpha value is -2.61. The molecule has 19 heavy (non-hydrogen) atoms. The van der Waals surface area contributed by atoms with E-state index in [0.717, 1.165) is 4.90 Å². The quantitative estimate of drug-likeness (QED) is 0.756. The zero-order valence-corrected chi connectivity index (χ0v) is 10.9. The Kier molecular flexibility index (Phi) is 3.09. The van der Waals surface area contributed by atoms with Gasteiger partial charge in [0.1, 0.15) is 5.75 Å². The van der Waals surface area contributed by atoms with Crippen LogP contribution >= 0.6 is 0 Å². The smallest absolute Gasteiger partial charge is 0.261 e. The SMILES string of the molecule is COc1cc(C#N)ccc1N1C(=O)C(C)=C(C)C1=O. The maximum Gasteiger partial charge on any atom is 0.261 e. The maximum absolute atomic E-state index is 12.1. The summed E-state index contributed by atoms with van der Waals surface area (Å²) in [7, 11) is 1.43. The Bertz CT molecular complexity index is 629. The van der Waals surface area contributed by atoms with Gasteiger partial charge < -0.3 is 4.74 Å². The molecule has 0 fully saturated rings. The molecule has 1 aliphatic heterocycles. The molecular formula is C14H12N2O3. The standard InChI is InChI=1S/C14H12N2O3/c1-8-9(2)14(18)16(13(8)17)11-5-4-10(7-15)6-12(11)19-3/h4-6H,1-3H3. The second-order valence-corrected chi connectivity index (χ2v) is 4.19. The van der Waals surface area contributed by atoms with Gasteiger partial charge >= 0.3 is 0 Å². The number of nitrogens with zero attached hydrogens (tertiary/aromatic N) is 2. The number of amides is 2. The van der Waals surface area contributed by atoms with Gasteiger partial charge in [0.05, 0.1) is 24.4 Å². The van der Waals surface area contributed by atoms with E-state index in [4.69, 9.17) is 10.00 Å². The number of benzene rings is 1. The number of carbonyl (C=O) groups excluding carboxylic acids is 2. The van der Waals surface area contributed by atoms with E-state index in [9.17, 15) is 9.59 Å². The molecule has 0 spiro atoms. The molecule has 5 nitrogen and oxygen atoms in total. The van der Waals surface area contributed by atoms with Crippen molar-refractivity contribution in [2.24, 2.45) is 0 Å². The minimum Gasteiger partial charge on any atom is -0.495 e. The molecule has 2 rings (SSSR count). The third kappa shape index (κ3) is 1.87. The first-order valence-electron chi connectivity index (χ1n) is 5.65. The molecule has 0 aromatic heterocycles. The van der Waals surface area contributed by atoms with E-state index in [1.54, 1.807) is 26.0 Å². The van der Waals surface area contributed by atoms with Gasteiger partial charge in [0, 0.05) is 17.2 Å². The predicted octanol–water partition coefficient (Wildman–Crippen LogP) is 1.78. The Morgan fingerprint density at radius 3 is 2.21 bits per heavy atom. The average Bonchev–Trinajstić information content (AvgIpc) is 2.62. The van der Waals surface area contributed by atoms with Crippen molar-refractivity contribution in [1.29, 1.82) is 5.26 Å². The van der Waals surface area contributed by atoms with E-state index < -0.39 is 0 Å². The minimum absolute atomic E-state index is 0.322. The van der Waals surface area contributed by atoms with Gasteiger partial charge in [-0.15, -0.1) is 0 Å². The number of rotatable bonds is 2. The van der Waals surface area contributed by atoms with Gasteiger partial charge in [0.2, 0.25) is 0 Å². The van der Waals surface area contributed by atoms with Gasteiger partial charge in [-0.05, 0) is 26.0 Å². The number of hydrogen-bond acceptors (Lipinski definition) is 4. The maximum atomic E-state index is 12.1. The van der Waals surface area contributed by atoms with E-state index in [1.165, 1.54) is 13.2 Å². The highest BCUT2D eigenvalue weighted by Gasteiger charge is 2.36. The van der Waals surface area contributed by atoms with E-state index in [-0.39, 0.29) is 11.8 Å². The molecule has 96 valence electrons. The zero-order chi connectivity index (χ0) is 14.2. The fourth-order valence-corrected chi connectivity index (χ4v) is 1.90. The fourth-order valence-electron chi connectivity index (χ4n) is 1.90. The molecule has 1 aromatic rings. The first kappa shape index (κ1) is 12.8. The molecule has 1 aliphatic rings. The Morgan fingerprint density at radius 2 is 1.74 bits per heavy atom. The molecule has 1 heterocycles. The van der Waals surface area contributed by atoms with Crippen LogP contribution in [0.2, 0.25) is 0 Å². The van der Waals surface area contributed by atoms with Crippen molar-refractivity contribution in [1.82, 2.24) is 0 Å². The van der Waals surface area contributed by atoms with Crippen molar-refractivity contribution in [3.8, 4) is 11.8 Å². The van der Waals surface area contributed by atoms with Gasteiger partial charge in [-0.25, -0.2) is 4.90 Å². The van der Waals surface area contributed by atoms with Crippen LogP contribution in [-0.2, 0) is 9.59 Å². The van der Waals surface area contributed by atoms with Crippen LogP contribution in [0.4, 0.5) is 5.69 Å². The molecule has 0 aliphatic carbocycles. The second kappa shape index (κ2) is 4.58. The van der Waals surface area contributed by atoms with Crippen LogP contribution in [0.15, 0.2) is 29.3 Å². The van der Waals surface area contributed by atoms with Gasteiger partial charge in [-0.3, -0.25) is 9.59 Å². The normalized spacial score (nSPS) is 14.9. The summed E-state index contributed by atoms with van der Waals surface area (Å²) in [4.78, 5) is 25.2. The zero-order valence-electron chi connectivity index (χ0n) is 10.9. The van der Waals surface area contributed by atoms with Crippen LogP contribution in [0.25, 0.3) is 0 Å². The van der Waals surface area contributed by atoms with Gasteiger partial charge in [0.25, 0.3) is 11.8 Å². The summed E-state index contributed by atoms with van der Waals surface area (Å²) in [5.74, 6) is -0.390. The van der Waals surface area contributed by atoms with Gasteiger partial charge in [0.15, 0.2) is 0 Å². The highest BCUT2D eigenvalue weighted by molar-refractivity contribution is 6.32. The number of ether oxygens (including phenoxy) is 1. The van der Waals surface area contributed by atoms with E-state index in [2.05, 4.69) is 0 Å². The molecule has 0 saturated heterocycles. The van der Waals surface area contributed by atoms with Crippen LogP contribution in [0.1, 0.15) is 19.4 Å². The molecule has 0 N–H and O–H groups in total. The predicted molar refractivity (Wildman–Crippen MR) is 68.6 cm³/mol. The fraction of sp³-hybridized carbons (Fsp3) is 0.214. The average molecular weight is 256 g/mol. The van der Waals surface area contributed by atoms with Crippen molar-refractivity contribution in [3.63, 3.8) is 0 Å². The van der Waals surface area contributed by atoms with Crippen LogP contribution < -0.4 is 9.64 Å². The Morgan fingerprint density at radius 1 is 1.16 bits per heavy atom. The van der Waals surface area contributed by atoms with Crippen molar-refractivity contribution in [2.75, 3.05) is 12.0 Å². The lowest BCUT2D eigenvalue weighted by atomic mass is 10.2. The Balaban J connectivity index is 2.53. The number of hydrogen-bond donors (Lipinski definition) is 0. The monoisotopic (exact) mass is 256 g/mol. The number of imide groups is 1. The number of anilines is 1. The number of carbonyl (C=O) groups is 2. The lowest BCUT2D eigenvalue weighted by molar-refractivity contribution is -0.120. The summed E-state index contributed by atoms with van der Waals surface area (Å²) in [6.45, 7) is 3.23. The number of nitriles is 1. The molecule has 5 heteroatoms. The molecule has 0 atom stereocenters. The summed E-state index contributed by atoms with van der Waals surface area (Å²) >= 11 is 0. The summed E-state index contributed by atoms with van der Waals surface area (Å²) < 4.78 is 5.15. The van der Waals surface area contributed by atoms with Crippen LogP contribution in [-0.4, -0.2) is 18.9 Å². The van der Waals surface area contributed by atoms with Crippen molar-refractivity contribution in [2.45, 2.75) is 13.8 Å². The Labute approximate surface area is 110 Å². The molecule has 0 saturated carbocycles. The third-order valence-corrected chi connectivity index (χ3v) is 3.16. The highest BCUT2D eigenvalue weighted by Crippen LogP contribution is 2.34. The topological polar surface area (TPSA) is 70.4 Å². The van der Waals surface area contributed by atoms with E-state index in [1.807, 2.05) is 6.07 Å². The van der Waals surface area contributed by atoms with Gasteiger partial charge in [-0.2, -0.15) is 5.26 Å². The van der Waals surface area contributed by atoms with Crippen LogP contribution in [0.3, 0.4) is 0 Å². The molecule has 0 unspecified atom stereocenters. The van der Waals surface area contributed by atoms with E-state index >= 15 is 0 Å². The minimum atomic E-state index is -0.356.